The Labute approximate surface area is 129 Å². The molecule has 0 heterocycles. The number of hydrogen-bond donors (Lipinski definition) is 2. The van der Waals surface area contributed by atoms with Gasteiger partial charge >= 0.3 is 12.0 Å². The van der Waals surface area contributed by atoms with E-state index in [1.807, 2.05) is 27.7 Å². The van der Waals surface area contributed by atoms with Crippen LogP contribution >= 0.6 is 11.6 Å². The van der Waals surface area contributed by atoms with E-state index in [0.717, 1.165) is 5.56 Å². The van der Waals surface area contributed by atoms with Gasteiger partial charge in [0.2, 0.25) is 0 Å². The molecule has 0 saturated carbocycles. The Morgan fingerprint density at radius 2 is 1.95 bits per heavy atom. The number of anilines is 1. The summed E-state index contributed by atoms with van der Waals surface area (Å²) in [6.07, 6.45) is -0.0980. The molecule has 0 aliphatic heterocycles. The fourth-order valence-electron chi connectivity index (χ4n) is 1.87. The van der Waals surface area contributed by atoms with Crippen molar-refractivity contribution in [3.05, 3.63) is 28.8 Å². The molecule has 21 heavy (non-hydrogen) atoms. The number of hydrogen-bond acceptors (Lipinski definition) is 2. The van der Waals surface area contributed by atoms with Crippen LogP contribution in [-0.2, 0) is 4.79 Å². The molecule has 0 aliphatic carbocycles. The second-order valence-corrected chi connectivity index (χ2v) is 6.22. The third-order valence-corrected chi connectivity index (χ3v) is 3.52. The summed E-state index contributed by atoms with van der Waals surface area (Å²) in [5, 5.41) is 12.2. The van der Waals surface area contributed by atoms with Gasteiger partial charge in [-0.25, -0.2) is 4.79 Å². The lowest BCUT2D eigenvalue weighted by atomic mass is 10.1. The molecule has 0 aliphatic rings. The Bertz CT molecular complexity index is 538. The summed E-state index contributed by atoms with van der Waals surface area (Å²) in [6, 6.07) is 4.92. The Morgan fingerprint density at radius 3 is 2.48 bits per heavy atom. The number of nitrogens with one attached hydrogen (secondary N) is 1. The lowest BCUT2D eigenvalue weighted by molar-refractivity contribution is -0.137. The van der Waals surface area contributed by atoms with E-state index in [2.05, 4.69) is 5.32 Å². The maximum atomic E-state index is 12.4. The topological polar surface area (TPSA) is 69.6 Å². The molecule has 5 nitrogen and oxygen atoms in total. The van der Waals surface area contributed by atoms with Crippen LogP contribution in [0.4, 0.5) is 10.5 Å². The quantitative estimate of drug-likeness (QED) is 0.889. The monoisotopic (exact) mass is 312 g/mol. The van der Waals surface area contributed by atoms with Gasteiger partial charge in [0.05, 0.1) is 6.42 Å². The van der Waals surface area contributed by atoms with Crippen molar-refractivity contribution in [2.45, 2.75) is 39.7 Å². The van der Waals surface area contributed by atoms with E-state index in [0.29, 0.717) is 10.7 Å². The normalized spacial score (nSPS) is 11.1. The molecule has 1 aromatic carbocycles. The highest BCUT2D eigenvalue weighted by Crippen LogP contribution is 2.24. The summed E-state index contributed by atoms with van der Waals surface area (Å²) in [6.45, 7) is 7.54. The molecule has 116 valence electrons. The SMILES string of the molecule is Cc1c(Cl)cccc1NC(=O)N(CCC(=O)O)C(C)(C)C. The number of aliphatic carboxylic acids is 1. The number of carboxylic acids is 1. The van der Waals surface area contributed by atoms with E-state index in [9.17, 15) is 9.59 Å². The van der Waals surface area contributed by atoms with Crippen LogP contribution < -0.4 is 5.32 Å². The van der Waals surface area contributed by atoms with Crippen molar-refractivity contribution in [2.75, 3.05) is 11.9 Å². The van der Waals surface area contributed by atoms with Gasteiger partial charge in [0, 0.05) is 22.8 Å². The van der Waals surface area contributed by atoms with Gasteiger partial charge in [-0.2, -0.15) is 0 Å². The molecule has 0 radical (unpaired) electrons. The maximum Gasteiger partial charge on any atom is 0.322 e. The van der Waals surface area contributed by atoms with Crippen LogP contribution in [0.15, 0.2) is 18.2 Å². The van der Waals surface area contributed by atoms with Gasteiger partial charge in [-0.1, -0.05) is 17.7 Å². The summed E-state index contributed by atoms with van der Waals surface area (Å²) >= 11 is 6.03. The minimum Gasteiger partial charge on any atom is -0.481 e. The molecule has 0 aromatic heterocycles. The lowest BCUT2D eigenvalue weighted by Crippen LogP contribution is -2.48. The minimum absolute atomic E-state index is 0.0980. The van der Waals surface area contributed by atoms with Gasteiger partial charge in [-0.15, -0.1) is 0 Å². The second kappa shape index (κ2) is 6.80. The second-order valence-electron chi connectivity index (χ2n) is 5.81. The summed E-state index contributed by atoms with van der Waals surface area (Å²) < 4.78 is 0. The van der Waals surface area contributed by atoms with E-state index in [4.69, 9.17) is 16.7 Å². The average Bonchev–Trinajstić information content (AvgIpc) is 2.33. The van der Waals surface area contributed by atoms with Crippen molar-refractivity contribution >= 4 is 29.3 Å². The van der Waals surface area contributed by atoms with E-state index >= 15 is 0 Å². The minimum atomic E-state index is -0.934. The number of urea groups is 1. The van der Waals surface area contributed by atoms with Crippen LogP contribution in [0.1, 0.15) is 32.8 Å². The molecule has 0 spiro atoms. The Balaban J connectivity index is 2.91. The number of rotatable bonds is 4. The third kappa shape index (κ3) is 4.93. The molecular weight excluding hydrogens is 292 g/mol. The van der Waals surface area contributed by atoms with Crippen molar-refractivity contribution in [2.24, 2.45) is 0 Å². The molecule has 0 unspecified atom stereocenters. The lowest BCUT2D eigenvalue weighted by Gasteiger charge is -2.35. The average molecular weight is 313 g/mol. The van der Waals surface area contributed by atoms with Crippen molar-refractivity contribution in [3.8, 4) is 0 Å². The van der Waals surface area contributed by atoms with Gasteiger partial charge < -0.3 is 15.3 Å². The van der Waals surface area contributed by atoms with Gasteiger partial charge in [-0.3, -0.25) is 4.79 Å². The van der Waals surface area contributed by atoms with Crippen molar-refractivity contribution in [3.63, 3.8) is 0 Å². The Morgan fingerprint density at radius 1 is 1.33 bits per heavy atom. The maximum absolute atomic E-state index is 12.4. The first-order valence-corrected chi connectivity index (χ1v) is 7.06. The van der Waals surface area contributed by atoms with Crippen LogP contribution in [0.25, 0.3) is 0 Å². The highest BCUT2D eigenvalue weighted by molar-refractivity contribution is 6.31. The van der Waals surface area contributed by atoms with Gasteiger partial charge in [0.25, 0.3) is 0 Å². The van der Waals surface area contributed by atoms with Crippen LogP contribution in [0.3, 0.4) is 0 Å². The van der Waals surface area contributed by atoms with Crippen LogP contribution in [0.2, 0.25) is 5.02 Å². The Kier molecular flexibility index (Phi) is 5.61. The highest BCUT2D eigenvalue weighted by Gasteiger charge is 2.27. The number of halogens is 1. The summed E-state index contributed by atoms with van der Waals surface area (Å²) in [5.74, 6) is -0.934. The van der Waals surface area contributed by atoms with E-state index in [-0.39, 0.29) is 19.0 Å². The first kappa shape index (κ1) is 17.3. The molecule has 0 saturated heterocycles. The molecule has 0 atom stereocenters. The molecule has 1 rings (SSSR count). The van der Waals surface area contributed by atoms with E-state index in [1.165, 1.54) is 4.90 Å². The third-order valence-electron chi connectivity index (χ3n) is 3.11. The van der Waals surface area contributed by atoms with Gasteiger partial charge in [0.1, 0.15) is 0 Å². The zero-order valence-electron chi connectivity index (χ0n) is 12.7. The number of carboxylic acid groups (broad SMARTS) is 1. The van der Waals surface area contributed by atoms with E-state index in [1.54, 1.807) is 18.2 Å². The number of amides is 2. The molecular formula is C15H21ClN2O3. The van der Waals surface area contributed by atoms with Gasteiger partial charge in [-0.05, 0) is 45.4 Å². The van der Waals surface area contributed by atoms with Crippen molar-refractivity contribution < 1.29 is 14.7 Å². The number of benzene rings is 1. The zero-order valence-corrected chi connectivity index (χ0v) is 13.5. The summed E-state index contributed by atoms with van der Waals surface area (Å²) in [7, 11) is 0. The fourth-order valence-corrected chi connectivity index (χ4v) is 2.05. The van der Waals surface area contributed by atoms with Crippen LogP contribution in [-0.4, -0.2) is 34.1 Å². The molecule has 0 fully saturated rings. The molecule has 1 aromatic rings. The highest BCUT2D eigenvalue weighted by atomic mass is 35.5. The first-order valence-electron chi connectivity index (χ1n) is 6.68. The Hall–Kier alpha value is -1.75. The summed E-state index contributed by atoms with van der Waals surface area (Å²) in [5.41, 5.74) is 0.920. The zero-order chi connectivity index (χ0) is 16.2. The number of carbonyl (C=O) groups is 2. The smallest absolute Gasteiger partial charge is 0.322 e. The van der Waals surface area contributed by atoms with Crippen molar-refractivity contribution in [1.82, 2.24) is 4.90 Å². The molecule has 6 heteroatoms. The summed E-state index contributed by atoms with van der Waals surface area (Å²) in [4.78, 5) is 24.7. The predicted octanol–water partition coefficient (Wildman–Crippen LogP) is 3.76. The van der Waals surface area contributed by atoms with Crippen LogP contribution in [0.5, 0.6) is 0 Å². The molecule has 0 bridgehead atoms. The standard InChI is InChI=1S/C15H21ClN2O3/c1-10-11(16)6-5-7-12(10)17-14(21)18(15(2,3)4)9-8-13(19)20/h5-7H,8-9H2,1-4H3,(H,17,21)(H,19,20). The van der Waals surface area contributed by atoms with E-state index < -0.39 is 11.5 Å². The number of carbonyl (C=O) groups excluding carboxylic acids is 1. The number of nitrogens with zero attached hydrogens (tertiary/aromatic N) is 1. The fraction of sp³-hybridized carbons (Fsp3) is 0.467. The van der Waals surface area contributed by atoms with Gasteiger partial charge in [0.15, 0.2) is 0 Å². The largest absolute Gasteiger partial charge is 0.481 e. The molecule has 2 N–H and O–H groups in total. The molecule has 2 amide bonds. The van der Waals surface area contributed by atoms with Crippen molar-refractivity contribution in [1.29, 1.82) is 0 Å². The predicted molar refractivity (Wildman–Crippen MR) is 83.9 cm³/mol. The first-order chi connectivity index (χ1) is 9.62. The van der Waals surface area contributed by atoms with Crippen LogP contribution in [0, 0.1) is 6.92 Å².